The van der Waals surface area contributed by atoms with E-state index in [2.05, 4.69) is 79.3 Å². The number of hydrogen-bond acceptors (Lipinski definition) is 2. The van der Waals surface area contributed by atoms with Gasteiger partial charge in [-0.25, -0.2) is 0 Å². The van der Waals surface area contributed by atoms with Crippen LogP contribution in [0.15, 0.2) is 48.5 Å². The van der Waals surface area contributed by atoms with Gasteiger partial charge in [-0.2, -0.15) is 11.8 Å². The zero-order valence-electron chi connectivity index (χ0n) is 12.2. The van der Waals surface area contributed by atoms with Crippen molar-refractivity contribution in [2.24, 2.45) is 0 Å². The molecule has 0 N–H and O–H groups in total. The molecule has 2 heteroatoms. The first-order valence-corrected chi connectivity index (χ1v) is 8.24. The minimum Gasteiger partial charge on any atom is -0.309 e. The SMILES string of the molecule is CN(C)CCSC1Cc2ccccc2-c2ccccc21. The van der Waals surface area contributed by atoms with Crippen LogP contribution >= 0.6 is 11.8 Å². The standard InChI is InChI=1S/C18H21NS/c1-19(2)11-12-20-18-13-14-7-3-4-8-15(14)16-9-5-6-10-17(16)18/h3-10,18H,11-13H2,1-2H3. The molecule has 1 nitrogen and oxygen atoms in total. The van der Waals surface area contributed by atoms with Gasteiger partial charge in [0.1, 0.15) is 0 Å². The van der Waals surface area contributed by atoms with Crippen LogP contribution in [0.1, 0.15) is 16.4 Å². The van der Waals surface area contributed by atoms with Crippen LogP contribution in [-0.2, 0) is 6.42 Å². The van der Waals surface area contributed by atoms with E-state index in [1.165, 1.54) is 28.0 Å². The number of fused-ring (bicyclic) bond motifs is 3. The van der Waals surface area contributed by atoms with Crippen LogP contribution in [-0.4, -0.2) is 31.3 Å². The lowest BCUT2D eigenvalue weighted by Crippen LogP contribution is -2.16. The van der Waals surface area contributed by atoms with E-state index in [4.69, 9.17) is 0 Å². The van der Waals surface area contributed by atoms with E-state index in [0.717, 1.165) is 13.0 Å². The van der Waals surface area contributed by atoms with Crippen molar-refractivity contribution in [3.8, 4) is 11.1 Å². The Balaban J connectivity index is 1.88. The molecule has 0 bridgehead atoms. The fraction of sp³-hybridized carbons (Fsp3) is 0.333. The first-order chi connectivity index (χ1) is 9.75. The lowest BCUT2D eigenvalue weighted by Gasteiger charge is -2.27. The van der Waals surface area contributed by atoms with Gasteiger partial charge in [0, 0.05) is 17.5 Å². The topological polar surface area (TPSA) is 3.24 Å². The maximum absolute atomic E-state index is 2.30. The van der Waals surface area contributed by atoms with Crippen molar-refractivity contribution >= 4 is 11.8 Å². The van der Waals surface area contributed by atoms with Gasteiger partial charge in [-0.15, -0.1) is 0 Å². The molecule has 0 spiro atoms. The minimum absolute atomic E-state index is 0.598. The van der Waals surface area contributed by atoms with Crippen LogP contribution in [0.2, 0.25) is 0 Å². The molecule has 3 rings (SSSR count). The Hall–Kier alpha value is -1.25. The Labute approximate surface area is 126 Å². The Bertz CT molecular complexity index is 591. The van der Waals surface area contributed by atoms with Crippen molar-refractivity contribution in [3.63, 3.8) is 0 Å². The summed E-state index contributed by atoms with van der Waals surface area (Å²) in [5.74, 6) is 1.19. The van der Waals surface area contributed by atoms with Gasteiger partial charge < -0.3 is 4.90 Å². The highest BCUT2D eigenvalue weighted by atomic mass is 32.2. The summed E-state index contributed by atoms with van der Waals surface area (Å²) in [6, 6.07) is 17.8. The van der Waals surface area contributed by atoms with E-state index in [1.807, 2.05) is 0 Å². The second-order valence-corrected chi connectivity index (χ2v) is 6.92. The van der Waals surface area contributed by atoms with E-state index in [1.54, 1.807) is 0 Å². The van der Waals surface area contributed by atoms with Crippen molar-refractivity contribution in [1.29, 1.82) is 0 Å². The molecule has 1 atom stereocenters. The van der Waals surface area contributed by atoms with Crippen molar-refractivity contribution in [2.45, 2.75) is 11.7 Å². The fourth-order valence-electron chi connectivity index (χ4n) is 2.82. The van der Waals surface area contributed by atoms with E-state index in [0.29, 0.717) is 5.25 Å². The molecule has 104 valence electrons. The number of hydrogen-bond donors (Lipinski definition) is 0. The Morgan fingerprint density at radius 3 is 2.50 bits per heavy atom. The molecule has 1 unspecified atom stereocenters. The monoisotopic (exact) mass is 283 g/mol. The smallest absolute Gasteiger partial charge is 0.0344 e. The lowest BCUT2D eigenvalue weighted by molar-refractivity contribution is 0.437. The van der Waals surface area contributed by atoms with E-state index >= 15 is 0 Å². The predicted molar refractivity (Wildman–Crippen MR) is 89.3 cm³/mol. The molecule has 0 fully saturated rings. The Kier molecular flexibility index (Phi) is 4.13. The summed E-state index contributed by atoms with van der Waals surface area (Å²) in [6.07, 6.45) is 1.16. The average molecular weight is 283 g/mol. The lowest BCUT2D eigenvalue weighted by atomic mass is 9.85. The van der Waals surface area contributed by atoms with Crippen molar-refractivity contribution in [3.05, 3.63) is 59.7 Å². The van der Waals surface area contributed by atoms with E-state index in [-0.39, 0.29) is 0 Å². The largest absolute Gasteiger partial charge is 0.309 e. The van der Waals surface area contributed by atoms with Gasteiger partial charge in [0.05, 0.1) is 0 Å². The van der Waals surface area contributed by atoms with Gasteiger partial charge >= 0.3 is 0 Å². The van der Waals surface area contributed by atoms with Gasteiger partial charge in [-0.1, -0.05) is 48.5 Å². The van der Waals surface area contributed by atoms with Crippen LogP contribution in [0, 0.1) is 0 Å². The molecule has 0 aliphatic heterocycles. The number of nitrogens with zero attached hydrogens (tertiary/aromatic N) is 1. The molecule has 0 heterocycles. The zero-order chi connectivity index (χ0) is 13.9. The van der Waals surface area contributed by atoms with Crippen molar-refractivity contribution < 1.29 is 0 Å². The van der Waals surface area contributed by atoms with Crippen LogP contribution < -0.4 is 0 Å². The van der Waals surface area contributed by atoms with Crippen LogP contribution in [0.25, 0.3) is 11.1 Å². The summed E-state index contributed by atoms with van der Waals surface area (Å²) in [7, 11) is 4.29. The normalized spacial score (nSPS) is 16.9. The van der Waals surface area contributed by atoms with Gasteiger partial charge in [-0.3, -0.25) is 0 Å². The molecule has 1 aliphatic rings. The molecule has 2 aromatic carbocycles. The maximum atomic E-state index is 2.30. The molecule has 2 aromatic rings. The first kappa shape index (κ1) is 13.7. The zero-order valence-corrected chi connectivity index (χ0v) is 13.0. The average Bonchev–Trinajstić information content (AvgIpc) is 2.47. The summed E-state index contributed by atoms with van der Waals surface area (Å²) < 4.78 is 0. The Morgan fingerprint density at radius 1 is 1.00 bits per heavy atom. The number of benzene rings is 2. The molecule has 0 radical (unpaired) electrons. The highest BCUT2D eigenvalue weighted by Crippen LogP contribution is 2.44. The molecular formula is C18H21NS. The molecule has 20 heavy (non-hydrogen) atoms. The van der Waals surface area contributed by atoms with E-state index < -0.39 is 0 Å². The molecule has 0 aromatic heterocycles. The summed E-state index contributed by atoms with van der Waals surface area (Å²) in [4.78, 5) is 2.26. The first-order valence-electron chi connectivity index (χ1n) is 7.19. The summed E-state index contributed by atoms with van der Waals surface area (Å²) in [6.45, 7) is 1.14. The van der Waals surface area contributed by atoms with E-state index in [9.17, 15) is 0 Å². The van der Waals surface area contributed by atoms with Gasteiger partial charge in [0.2, 0.25) is 0 Å². The molecule has 0 saturated carbocycles. The van der Waals surface area contributed by atoms with Crippen LogP contribution in [0.3, 0.4) is 0 Å². The third-order valence-electron chi connectivity index (χ3n) is 3.88. The Morgan fingerprint density at radius 2 is 1.70 bits per heavy atom. The predicted octanol–water partition coefficient (Wildman–Crippen LogP) is 4.25. The van der Waals surface area contributed by atoms with Gasteiger partial charge in [-0.05, 0) is 42.8 Å². The highest BCUT2D eigenvalue weighted by Gasteiger charge is 2.23. The van der Waals surface area contributed by atoms with Crippen LogP contribution in [0.5, 0.6) is 0 Å². The van der Waals surface area contributed by atoms with Gasteiger partial charge in [0.25, 0.3) is 0 Å². The molecular weight excluding hydrogens is 262 g/mol. The van der Waals surface area contributed by atoms with Gasteiger partial charge in [0.15, 0.2) is 0 Å². The minimum atomic E-state index is 0.598. The summed E-state index contributed by atoms with van der Waals surface area (Å²) in [5.41, 5.74) is 5.85. The van der Waals surface area contributed by atoms with Crippen molar-refractivity contribution in [1.82, 2.24) is 4.90 Å². The second-order valence-electron chi connectivity index (χ2n) is 5.61. The number of thioether (sulfide) groups is 1. The molecule has 0 saturated heterocycles. The maximum Gasteiger partial charge on any atom is 0.0344 e. The second kappa shape index (κ2) is 6.02. The summed E-state index contributed by atoms with van der Waals surface area (Å²) >= 11 is 2.09. The third-order valence-corrected chi connectivity index (χ3v) is 5.12. The van der Waals surface area contributed by atoms with Crippen LogP contribution in [0.4, 0.5) is 0 Å². The van der Waals surface area contributed by atoms with Crippen molar-refractivity contribution in [2.75, 3.05) is 26.4 Å². The quantitative estimate of drug-likeness (QED) is 0.825. The number of rotatable bonds is 4. The fourth-order valence-corrected chi connectivity index (χ4v) is 4.26. The third kappa shape index (κ3) is 2.77. The highest BCUT2D eigenvalue weighted by molar-refractivity contribution is 7.99. The molecule has 0 amide bonds. The summed E-state index contributed by atoms with van der Waals surface area (Å²) in [5, 5.41) is 0.598. The molecule has 1 aliphatic carbocycles.